The first-order valence-electron chi connectivity index (χ1n) is 10.8. The third-order valence-corrected chi connectivity index (χ3v) is 6.60. The monoisotopic (exact) mass is 441 g/mol. The van der Waals surface area contributed by atoms with Crippen LogP contribution in [0, 0.1) is 5.82 Å². The fraction of sp³-hybridized carbons (Fsp3) is 0.455. The van der Waals surface area contributed by atoms with E-state index in [1.807, 2.05) is 0 Å². The summed E-state index contributed by atoms with van der Waals surface area (Å²) in [5, 5.41) is 3.23. The van der Waals surface area contributed by atoms with Crippen LogP contribution >= 0.6 is 11.6 Å². The Labute approximate surface area is 185 Å². The van der Waals surface area contributed by atoms with Crippen molar-refractivity contribution in [3.8, 4) is 0 Å². The van der Waals surface area contributed by atoms with Crippen molar-refractivity contribution in [1.29, 1.82) is 0 Å². The second kappa shape index (κ2) is 8.51. The molecule has 5 rings (SSSR count). The molecule has 7 nitrogen and oxygen atoms in total. The summed E-state index contributed by atoms with van der Waals surface area (Å²) in [4.78, 5) is 23.0. The Kier molecular flexibility index (Phi) is 5.58. The maximum absolute atomic E-state index is 13.5. The van der Waals surface area contributed by atoms with Crippen LogP contribution in [-0.4, -0.2) is 56.6 Å². The van der Waals surface area contributed by atoms with Crippen LogP contribution in [0.25, 0.3) is 11.0 Å². The molecule has 2 aromatic heterocycles. The van der Waals surface area contributed by atoms with E-state index in [0.717, 1.165) is 19.4 Å². The van der Waals surface area contributed by atoms with Gasteiger partial charge in [0.25, 0.3) is 0 Å². The highest BCUT2D eigenvalue weighted by Gasteiger charge is 2.31. The average molecular weight is 442 g/mol. The molecule has 3 aromatic rings. The van der Waals surface area contributed by atoms with Crippen molar-refractivity contribution in [2.24, 2.45) is 0 Å². The van der Waals surface area contributed by atoms with Crippen molar-refractivity contribution < 1.29 is 4.39 Å². The molecule has 0 aliphatic carbocycles. The molecule has 0 amide bonds. The number of piperidine rings is 1. The number of hydrogen-bond acceptors (Lipinski definition) is 7. The summed E-state index contributed by atoms with van der Waals surface area (Å²) in [5.74, 6) is 0.765. The second-order valence-corrected chi connectivity index (χ2v) is 8.75. The molecule has 2 aliphatic rings. The van der Waals surface area contributed by atoms with Gasteiger partial charge in [0.1, 0.15) is 23.2 Å². The lowest BCUT2D eigenvalue weighted by atomic mass is 9.97. The minimum atomic E-state index is -0.462. The van der Waals surface area contributed by atoms with Crippen LogP contribution in [0.5, 0.6) is 0 Å². The van der Waals surface area contributed by atoms with Gasteiger partial charge in [-0.25, -0.2) is 24.3 Å². The summed E-state index contributed by atoms with van der Waals surface area (Å²) in [6, 6.07) is 5.47. The first-order chi connectivity index (χ1) is 15.1. The van der Waals surface area contributed by atoms with Crippen molar-refractivity contribution in [2.75, 3.05) is 29.9 Å². The van der Waals surface area contributed by atoms with Gasteiger partial charge in [-0.1, -0.05) is 11.6 Å². The van der Waals surface area contributed by atoms with E-state index in [1.54, 1.807) is 12.3 Å². The van der Waals surface area contributed by atoms with E-state index >= 15 is 0 Å². The molecule has 1 aromatic carbocycles. The van der Waals surface area contributed by atoms with Gasteiger partial charge in [-0.2, -0.15) is 0 Å². The Morgan fingerprint density at radius 2 is 1.97 bits per heavy atom. The Morgan fingerprint density at radius 3 is 2.74 bits per heavy atom. The minimum absolute atomic E-state index is 0.0494. The van der Waals surface area contributed by atoms with Crippen molar-refractivity contribution in [3.63, 3.8) is 0 Å². The van der Waals surface area contributed by atoms with Crippen LogP contribution in [0.1, 0.15) is 32.6 Å². The summed E-state index contributed by atoms with van der Waals surface area (Å²) in [5.41, 5.74) is 1.90. The van der Waals surface area contributed by atoms with Crippen LogP contribution in [0.4, 0.5) is 21.8 Å². The molecular formula is C22H25ClFN7. The van der Waals surface area contributed by atoms with Gasteiger partial charge in [0, 0.05) is 24.3 Å². The molecule has 0 saturated carbocycles. The lowest BCUT2D eigenvalue weighted by molar-refractivity contribution is 0.191. The van der Waals surface area contributed by atoms with E-state index in [2.05, 4.69) is 37.0 Å². The maximum Gasteiger partial charge on any atom is 0.226 e. The SMILES string of the molecule is CC1CC(N2CCCC2)CCN1c1ncc2ncnc(Nc3ccc(F)c(Cl)c3)c2n1. The van der Waals surface area contributed by atoms with Crippen LogP contribution < -0.4 is 10.2 Å². The van der Waals surface area contributed by atoms with E-state index in [1.165, 1.54) is 44.4 Å². The van der Waals surface area contributed by atoms with Crippen molar-refractivity contribution in [3.05, 3.63) is 41.6 Å². The van der Waals surface area contributed by atoms with Crippen molar-refractivity contribution in [1.82, 2.24) is 24.8 Å². The zero-order valence-electron chi connectivity index (χ0n) is 17.4. The number of anilines is 3. The molecule has 2 atom stereocenters. The van der Waals surface area contributed by atoms with E-state index in [9.17, 15) is 4.39 Å². The minimum Gasteiger partial charge on any atom is -0.338 e. The van der Waals surface area contributed by atoms with Gasteiger partial charge >= 0.3 is 0 Å². The van der Waals surface area contributed by atoms with Crippen molar-refractivity contribution >= 4 is 40.1 Å². The smallest absolute Gasteiger partial charge is 0.226 e. The number of benzene rings is 1. The summed E-state index contributed by atoms with van der Waals surface area (Å²) in [6.07, 6.45) is 8.07. The van der Waals surface area contributed by atoms with Crippen LogP contribution in [0.2, 0.25) is 5.02 Å². The zero-order valence-corrected chi connectivity index (χ0v) is 18.2. The lowest BCUT2D eigenvalue weighted by Crippen LogP contribution is -2.49. The molecule has 4 heterocycles. The normalized spacial score (nSPS) is 22.2. The molecule has 2 saturated heterocycles. The third-order valence-electron chi connectivity index (χ3n) is 6.31. The number of nitrogens with zero attached hydrogens (tertiary/aromatic N) is 6. The number of rotatable bonds is 4. The Balaban J connectivity index is 1.40. The molecule has 2 fully saturated rings. The van der Waals surface area contributed by atoms with Crippen LogP contribution in [-0.2, 0) is 0 Å². The molecule has 0 radical (unpaired) electrons. The first kappa shape index (κ1) is 20.3. The van der Waals surface area contributed by atoms with E-state index in [4.69, 9.17) is 16.6 Å². The molecule has 2 aliphatic heterocycles. The molecule has 1 N–H and O–H groups in total. The molecule has 162 valence electrons. The summed E-state index contributed by atoms with van der Waals surface area (Å²) < 4.78 is 13.5. The Hall–Kier alpha value is -2.58. The van der Waals surface area contributed by atoms with Gasteiger partial charge in [-0.05, 0) is 63.9 Å². The van der Waals surface area contributed by atoms with Gasteiger partial charge in [-0.3, -0.25) is 0 Å². The largest absolute Gasteiger partial charge is 0.338 e. The van der Waals surface area contributed by atoms with Gasteiger partial charge in [0.15, 0.2) is 5.82 Å². The number of halogens is 2. The highest BCUT2D eigenvalue weighted by molar-refractivity contribution is 6.31. The number of likely N-dealkylation sites (tertiary alicyclic amines) is 1. The number of fused-ring (bicyclic) bond motifs is 1. The van der Waals surface area contributed by atoms with Gasteiger partial charge in [0.2, 0.25) is 5.95 Å². The van der Waals surface area contributed by atoms with E-state index in [0.29, 0.717) is 40.6 Å². The van der Waals surface area contributed by atoms with Crippen LogP contribution in [0.15, 0.2) is 30.7 Å². The Morgan fingerprint density at radius 1 is 1.13 bits per heavy atom. The van der Waals surface area contributed by atoms with Crippen molar-refractivity contribution in [2.45, 2.75) is 44.7 Å². The number of hydrogen-bond donors (Lipinski definition) is 1. The van der Waals surface area contributed by atoms with E-state index < -0.39 is 5.82 Å². The highest BCUT2D eigenvalue weighted by atomic mass is 35.5. The number of nitrogens with one attached hydrogen (secondary N) is 1. The second-order valence-electron chi connectivity index (χ2n) is 8.34. The Bertz CT molecular complexity index is 1090. The highest BCUT2D eigenvalue weighted by Crippen LogP contribution is 2.29. The van der Waals surface area contributed by atoms with Gasteiger partial charge in [0.05, 0.1) is 11.2 Å². The van der Waals surface area contributed by atoms with Gasteiger partial charge in [-0.15, -0.1) is 0 Å². The topological polar surface area (TPSA) is 70.1 Å². The van der Waals surface area contributed by atoms with E-state index in [-0.39, 0.29) is 5.02 Å². The third kappa shape index (κ3) is 4.14. The standard InChI is InChI=1S/C22H25ClFN7/c1-14-10-16(30-7-2-3-8-30)6-9-31(14)22-25-12-19-20(29-22)21(27-13-26-19)28-15-4-5-18(24)17(23)11-15/h4-5,11-14,16H,2-3,6-10H2,1H3,(H,26,27,28). The van der Waals surface area contributed by atoms with Gasteiger partial charge < -0.3 is 15.1 Å². The first-order valence-corrected chi connectivity index (χ1v) is 11.2. The molecule has 2 unspecified atom stereocenters. The average Bonchev–Trinajstić information content (AvgIpc) is 3.31. The summed E-state index contributed by atoms with van der Waals surface area (Å²) in [6.45, 7) is 5.63. The van der Waals surface area contributed by atoms with Crippen LogP contribution in [0.3, 0.4) is 0 Å². The molecule has 9 heteroatoms. The maximum atomic E-state index is 13.5. The lowest BCUT2D eigenvalue weighted by Gasteiger charge is -2.41. The zero-order chi connectivity index (χ0) is 21.4. The summed E-state index contributed by atoms with van der Waals surface area (Å²) in [7, 11) is 0. The molecule has 0 spiro atoms. The quantitative estimate of drug-likeness (QED) is 0.643. The fourth-order valence-corrected chi connectivity index (χ4v) is 4.85. The molecule has 0 bridgehead atoms. The molecule has 31 heavy (non-hydrogen) atoms. The fourth-order valence-electron chi connectivity index (χ4n) is 4.67. The number of aromatic nitrogens is 4. The molecular weight excluding hydrogens is 417 g/mol. The predicted octanol–water partition coefficient (Wildman–Crippen LogP) is 4.41. The summed E-state index contributed by atoms with van der Waals surface area (Å²) >= 11 is 5.92. The predicted molar refractivity (Wildman–Crippen MR) is 120 cm³/mol.